The van der Waals surface area contributed by atoms with E-state index in [1.807, 2.05) is 36.4 Å². The maximum atomic E-state index is 9.73. The van der Waals surface area contributed by atoms with E-state index in [-0.39, 0.29) is 1.43 Å². The predicted molar refractivity (Wildman–Crippen MR) is 94.1 cm³/mol. The molecule has 0 saturated heterocycles. The van der Waals surface area contributed by atoms with Crippen LogP contribution in [0.15, 0.2) is 42.6 Å². The lowest BCUT2D eigenvalue weighted by Gasteiger charge is -2.08. The smallest absolute Gasteiger partial charge is 0.161 e. The predicted octanol–water partition coefficient (Wildman–Crippen LogP) is 3.79. The number of anilines is 2. The Bertz CT molecular complexity index is 860. The summed E-state index contributed by atoms with van der Waals surface area (Å²) in [6.45, 7) is 1.74. The molecule has 1 aromatic carbocycles. The van der Waals surface area contributed by atoms with Crippen LogP contribution in [0.25, 0.3) is 11.4 Å². The van der Waals surface area contributed by atoms with E-state index in [1.54, 1.807) is 13.1 Å². The number of aliphatic hydroxyl groups excluding tert-OH is 1. The molecule has 3 aromatic rings. The van der Waals surface area contributed by atoms with Crippen molar-refractivity contribution in [1.82, 2.24) is 20.2 Å². The minimum atomic E-state index is -0.517. The lowest BCUT2D eigenvalue weighted by Crippen LogP contribution is -1.98. The van der Waals surface area contributed by atoms with Gasteiger partial charge in [-0.2, -0.15) is 5.10 Å². The molecule has 0 bridgehead atoms. The Morgan fingerprint density at radius 3 is 2.92 bits per heavy atom. The normalized spacial score (nSPS) is 15.2. The summed E-state index contributed by atoms with van der Waals surface area (Å²) in [6, 6.07) is 11.5. The fraction of sp³-hybridized carbons (Fsp3) is 0.278. The van der Waals surface area contributed by atoms with Crippen molar-refractivity contribution in [1.29, 1.82) is 0 Å². The van der Waals surface area contributed by atoms with Gasteiger partial charge >= 0.3 is 0 Å². The van der Waals surface area contributed by atoms with E-state index < -0.39 is 6.10 Å². The lowest BCUT2D eigenvalue weighted by atomic mass is 10.1. The van der Waals surface area contributed by atoms with Crippen molar-refractivity contribution in [2.45, 2.75) is 31.8 Å². The molecule has 1 saturated carbocycles. The minimum absolute atomic E-state index is 0. The molecule has 6 nitrogen and oxygen atoms in total. The third kappa shape index (κ3) is 3.14. The van der Waals surface area contributed by atoms with Crippen molar-refractivity contribution in [3.05, 3.63) is 53.9 Å². The number of rotatable bonds is 5. The Kier molecular flexibility index (Phi) is 3.74. The summed E-state index contributed by atoms with van der Waals surface area (Å²) in [7, 11) is 0. The van der Waals surface area contributed by atoms with E-state index in [4.69, 9.17) is 0 Å². The first-order valence-electron chi connectivity index (χ1n) is 8.13. The SMILES string of the molecule is CC(O)c1cccc(-c2nccc(Nc3cc(C4CC4)[nH]n3)n2)c1.[HH]. The lowest BCUT2D eigenvalue weighted by molar-refractivity contribution is 0.199. The van der Waals surface area contributed by atoms with Gasteiger partial charge in [-0.25, -0.2) is 9.97 Å². The highest BCUT2D eigenvalue weighted by Crippen LogP contribution is 2.39. The fourth-order valence-electron chi connectivity index (χ4n) is 2.64. The number of aliphatic hydroxyl groups is 1. The Hall–Kier alpha value is -2.73. The third-order valence-electron chi connectivity index (χ3n) is 4.15. The second kappa shape index (κ2) is 6.05. The van der Waals surface area contributed by atoms with Crippen LogP contribution in [0.5, 0.6) is 0 Å². The largest absolute Gasteiger partial charge is 0.389 e. The van der Waals surface area contributed by atoms with Crippen molar-refractivity contribution >= 4 is 11.6 Å². The first-order valence-corrected chi connectivity index (χ1v) is 8.13. The highest BCUT2D eigenvalue weighted by Gasteiger charge is 2.25. The number of aromatic amines is 1. The Balaban J connectivity index is 0.00000182. The van der Waals surface area contributed by atoms with E-state index >= 15 is 0 Å². The zero-order chi connectivity index (χ0) is 16.5. The van der Waals surface area contributed by atoms with E-state index in [1.165, 1.54) is 18.5 Å². The van der Waals surface area contributed by atoms with Crippen LogP contribution in [-0.4, -0.2) is 25.3 Å². The quantitative estimate of drug-likeness (QED) is 0.665. The van der Waals surface area contributed by atoms with Crippen LogP contribution in [0, 0.1) is 0 Å². The summed E-state index contributed by atoms with van der Waals surface area (Å²) in [5.74, 6) is 2.70. The number of hydrogen-bond donors (Lipinski definition) is 3. The van der Waals surface area contributed by atoms with Crippen LogP contribution >= 0.6 is 0 Å². The summed E-state index contributed by atoms with van der Waals surface area (Å²) >= 11 is 0. The van der Waals surface area contributed by atoms with E-state index in [9.17, 15) is 5.11 Å². The van der Waals surface area contributed by atoms with Gasteiger partial charge in [-0.3, -0.25) is 5.10 Å². The summed E-state index contributed by atoms with van der Waals surface area (Å²) in [5, 5.41) is 20.3. The average molecular weight is 323 g/mol. The van der Waals surface area contributed by atoms with Crippen LogP contribution in [0.3, 0.4) is 0 Å². The molecule has 0 aliphatic heterocycles. The molecule has 3 N–H and O–H groups in total. The topological polar surface area (TPSA) is 86.7 Å². The Morgan fingerprint density at radius 2 is 2.12 bits per heavy atom. The van der Waals surface area contributed by atoms with Crippen LogP contribution in [0.4, 0.5) is 11.6 Å². The number of hydrogen-bond acceptors (Lipinski definition) is 5. The van der Waals surface area contributed by atoms with Crippen LogP contribution in [0.2, 0.25) is 0 Å². The molecule has 0 radical (unpaired) electrons. The van der Waals surface area contributed by atoms with Crippen molar-refractivity contribution < 1.29 is 6.53 Å². The van der Waals surface area contributed by atoms with Crippen molar-refractivity contribution in [2.75, 3.05) is 5.32 Å². The first kappa shape index (κ1) is 14.8. The van der Waals surface area contributed by atoms with Gasteiger partial charge in [0.05, 0.1) is 6.10 Å². The van der Waals surface area contributed by atoms with Gasteiger partial charge in [0.2, 0.25) is 0 Å². The summed E-state index contributed by atoms with van der Waals surface area (Å²) in [5.41, 5.74) is 2.89. The highest BCUT2D eigenvalue weighted by molar-refractivity contribution is 5.60. The van der Waals surface area contributed by atoms with E-state index in [2.05, 4.69) is 25.5 Å². The fourth-order valence-corrected chi connectivity index (χ4v) is 2.64. The van der Waals surface area contributed by atoms with Crippen LogP contribution in [0.1, 0.15) is 44.5 Å². The maximum Gasteiger partial charge on any atom is 0.161 e. The molecule has 6 heteroatoms. The molecular formula is C18H21N5O. The van der Waals surface area contributed by atoms with Crippen LogP contribution in [-0.2, 0) is 0 Å². The number of nitrogens with one attached hydrogen (secondary N) is 2. The second-order valence-corrected chi connectivity index (χ2v) is 6.17. The molecule has 1 unspecified atom stereocenters. The molecule has 1 aliphatic rings. The third-order valence-corrected chi connectivity index (χ3v) is 4.15. The number of H-pyrrole nitrogens is 1. The molecule has 2 heterocycles. The summed E-state index contributed by atoms with van der Waals surface area (Å²) in [6.07, 6.45) is 3.67. The van der Waals surface area contributed by atoms with Crippen molar-refractivity contribution in [3.63, 3.8) is 0 Å². The number of benzene rings is 1. The summed E-state index contributed by atoms with van der Waals surface area (Å²) < 4.78 is 0. The van der Waals surface area contributed by atoms with Crippen LogP contribution < -0.4 is 5.32 Å². The van der Waals surface area contributed by atoms with Gasteiger partial charge in [0.1, 0.15) is 5.82 Å². The highest BCUT2D eigenvalue weighted by atomic mass is 16.3. The van der Waals surface area contributed by atoms with Gasteiger partial charge in [0, 0.05) is 30.9 Å². The Labute approximate surface area is 141 Å². The van der Waals surface area contributed by atoms with Gasteiger partial charge in [-0.1, -0.05) is 18.2 Å². The number of nitrogens with zero attached hydrogens (tertiary/aromatic N) is 3. The molecule has 0 amide bonds. The average Bonchev–Trinajstić information content (AvgIpc) is 3.35. The van der Waals surface area contributed by atoms with Gasteiger partial charge in [0.15, 0.2) is 11.6 Å². The molecule has 1 atom stereocenters. The first-order chi connectivity index (χ1) is 11.7. The molecule has 1 fully saturated rings. The van der Waals surface area contributed by atoms with E-state index in [0.717, 1.165) is 16.9 Å². The molecule has 2 aromatic heterocycles. The minimum Gasteiger partial charge on any atom is -0.389 e. The van der Waals surface area contributed by atoms with Crippen molar-refractivity contribution in [2.24, 2.45) is 0 Å². The standard InChI is InChI=1S/C18H19N5O.H2/c1-11(24)13-3-2-4-14(9-13)18-19-8-7-16(21-18)20-17-10-15(22-23-17)12-5-6-12;/h2-4,7-12,24H,5-6H2,1H3,(H2,19,20,21,22,23);1H. The molecule has 24 heavy (non-hydrogen) atoms. The number of aromatic nitrogens is 4. The van der Waals surface area contributed by atoms with Gasteiger partial charge < -0.3 is 10.4 Å². The van der Waals surface area contributed by atoms with Crippen molar-refractivity contribution in [3.8, 4) is 11.4 Å². The molecule has 1 aliphatic carbocycles. The second-order valence-electron chi connectivity index (χ2n) is 6.17. The zero-order valence-electron chi connectivity index (χ0n) is 13.4. The molecule has 0 spiro atoms. The van der Waals surface area contributed by atoms with E-state index in [0.29, 0.717) is 17.6 Å². The maximum absolute atomic E-state index is 9.73. The molecule has 4 rings (SSSR count). The van der Waals surface area contributed by atoms with Gasteiger partial charge in [0.25, 0.3) is 0 Å². The monoisotopic (exact) mass is 323 g/mol. The van der Waals surface area contributed by atoms with Gasteiger partial charge in [-0.05, 0) is 37.5 Å². The molecular weight excluding hydrogens is 302 g/mol. The Morgan fingerprint density at radius 1 is 1.25 bits per heavy atom. The van der Waals surface area contributed by atoms with Gasteiger partial charge in [-0.15, -0.1) is 0 Å². The summed E-state index contributed by atoms with van der Waals surface area (Å²) in [4.78, 5) is 8.88. The molecule has 124 valence electrons. The zero-order valence-corrected chi connectivity index (χ0v) is 13.4.